The Hall–Kier alpha value is -2.71. The van der Waals surface area contributed by atoms with E-state index in [4.69, 9.17) is 4.74 Å². The molecule has 0 aliphatic rings. The summed E-state index contributed by atoms with van der Waals surface area (Å²) in [5.74, 6) is -0.819. The summed E-state index contributed by atoms with van der Waals surface area (Å²) in [6.07, 6.45) is -0.0833. The lowest BCUT2D eigenvalue weighted by Gasteiger charge is -2.19. The predicted octanol–water partition coefficient (Wildman–Crippen LogP) is 3.38. The number of ether oxygens (including phenoxy) is 1. The third kappa shape index (κ3) is 7.46. The van der Waals surface area contributed by atoms with Crippen molar-refractivity contribution in [1.29, 1.82) is 0 Å². The molecule has 1 unspecified atom stereocenters. The number of amides is 1. The topological polar surface area (TPSA) is 102 Å². The number of sulfonamides is 1. The highest BCUT2D eigenvalue weighted by molar-refractivity contribution is 7.89. The molecule has 2 N–H and O–H groups in total. The first-order valence-electron chi connectivity index (χ1n) is 10.5. The average Bonchev–Trinajstić information content (AvgIpc) is 2.73. The van der Waals surface area contributed by atoms with Gasteiger partial charge in [-0.2, -0.15) is 0 Å². The maximum atomic E-state index is 12.5. The second kappa shape index (κ2) is 10.7. The molecule has 0 aliphatic heterocycles. The lowest BCUT2D eigenvalue weighted by Crippen LogP contribution is -2.34. The Morgan fingerprint density at radius 3 is 2.12 bits per heavy atom. The van der Waals surface area contributed by atoms with E-state index in [0.29, 0.717) is 0 Å². The Balaban J connectivity index is 1.97. The van der Waals surface area contributed by atoms with Crippen LogP contribution in [0.1, 0.15) is 56.3 Å². The molecule has 1 atom stereocenters. The number of methoxy groups -OCH3 is 1. The highest BCUT2D eigenvalue weighted by Gasteiger charge is 2.20. The zero-order valence-corrected chi connectivity index (χ0v) is 20.1. The summed E-state index contributed by atoms with van der Waals surface area (Å²) in [5, 5.41) is 2.79. The molecule has 32 heavy (non-hydrogen) atoms. The van der Waals surface area contributed by atoms with Gasteiger partial charge in [0.05, 0.1) is 24.5 Å². The molecule has 7 nitrogen and oxygen atoms in total. The van der Waals surface area contributed by atoms with E-state index in [1.165, 1.54) is 7.11 Å². The maximum Gasteiger partial charge on any atom is 0.307 e. The first kappa shape index (κ1) is 25.5. The van der Waals surface area contributed by atoms with Crippen LogP contribution in [0, 0.1) is 6.92 Å². The molecule has 0 fully saturated rings. The van der Waals surface area contributed by atoms with Crippen LogP contribution in [0.4, 0.5) is 0 Å². The first-order valence-corrected chi connectivity index (χ1v) is 11.9. The Bertz CT molecular complexity index is 1020. The number of benzene rings is 2. The summed E-state index contributed by atoms with van der Waals surface area (Å²) in [6.45, 7) is 8.04. The van der Waals surface area contributed by atoms with Crippen LogP contribution >= 0.6 is 0 Å². The molecule has 0 saturated carbocycles. The van der Waals surface area contributed by atoms with Crippen LogP contribution in [0.15, 0.2) is 53.4 Å². The second-order valence-electron chi connectivity index (χ2n) is 8.73. The fraction of sp³-hybridized carbons (Fsp3) is 0.417. The van der Waals surface area contributed by atoms with Crippen molar-refractivity contribution in [3.8, 4) is 0 Å². The number of carbonyl (C=O) groups excluding carboxylic acids is 2. The van der Waals surface area contributed by atoms with Crippen molar-refractivity contribution < 1.29 is 22.7 Å². The third-order valence-electron chi connectivity index (χ3n) is 5.09. The standard InChI is InChI=1S/C24H32N2O5S/c1-17-6-8-18(9-7-17)21(16-23(28)31-5)26-22(27)14-15-25-32(29,30)20-12-10-19(11-13-20)24(2,3)4/h6-13,21,25H,14-16H2,1-5H3,(H,26,27). The quantitative estimate of drug-likeness (QED) is 0.559. The number of hydrogen-bond donors (Lipinski definition) is 2. The molecule has 0 bridgehead atoms. The van der Waals surface area contributed by atoms with Crippen LogP contribution in [0.5, 0.6) is 0 Å². The maximum absolute atomic E-state index is 12.5. The number of esters is 1. The van der Waals surface area contributed by atoms with Gasteiger partial charge in [0.25, 0.3) is 0 Å². The average molecular weight is 461 g/mol. The summed E-state index contributed by atoms with van der Waals surface area (Å²) in [6, 6.07) is 13.6. The molecule has 0 heterocycles. The minimum atomic E-state index is -3.73. The van der Waals surface area contributed by atoms with Crippen LogP contribution in [0.3, 0.4) is 0 Å². The molecular weight excluding hydrogens is 428 g/mol. The summed E-state index contributed by atoms with van der Waals surface area (Å²) in [5.41, 5.74) is 2.78. The lowest BCUT2D eigenvalue weighted by atomic mass is 9.87. The largest absolute Gasteiger partial charge is 0.469 e. The van der Waals surface area contributed by atoms with E-state index in [1.807, 2.05) is 31.2 Å². The number of rotatable bonds is 9. The SMILES string of the molecule is COC(=O)CC(NC(=O)CCNS(=O)(=O)c1ccc(C(C)(C)C)cc1)c1ccc(C)cc1. The number of nitrogens with one attached hydrogen (secondary N) is 2. The summed E-state index contributed by atoms with van der Waals surface area (Å²) in [4.78, 5) is 24.4. The third-order valence-corrected chi connectivity index (χ3v) is 6.57. The normalized spacial score (nSPS) is 12.8. The van der Waals surface area contributed by atoms with Gasteiger partial charge in [0, 0.05) is 13.0 Å². The van der Waals surface area contributed by atoms with Gasteiger partial charge in [0.15, 0.2) is 0 Å². The second-order valence-corrected chi connectivity index (χ2v) is 10.5. The van der Waals surface area contributed by atoms with Crippen LogP contribution in [-0.4, -0.2) is 33.9 Å². The van der Waals surface area contributed by atoms with E-state index < -0.39 is 22.0 Å². The van der Waals surface area contributed by atoms with Crippen LogP contribution in [0.25, 0.3) is 0 Å². The van der Waals surface area contributed by atoms with Crippen LogP contribution < -0.4 is 10.0 Å². The van der Waals surface area contributed by atoms with E-state index in [1.54, 1.807) is 24.3 Å². The molecule has 174 valence electrons. The zero-order chi connectivity index (χ0) is 23.9. The molecule has 8 heteroatoms. The van der Waals surface area contributed by atoms with Crippen molar-refractivity contribution in [2.45, 2.75) is 56.9 Å². The summed E-state index contributed by atoms with van der Waals surface area (Å²) < 4.78 is 32.2. The first-order chi connectivity index (χ1) is 14.9. The monoisotopic (exact) mass is 460 g/mol. The smallest absolute Gasteiger partial charge is 0.307 e. The Morgan fingerprint density at radius 2 is 1.59 bits per heavy atom. The molecule has 2 aromatic rings. The number of hydrogen-bond acceptors (Lipinski definition) is 5. The van der Waals surface area contributed by atoms with Gasteiger partial charge in [-0.15, -0.1) is 0 Å². The number of carbonyl (C=O) groups is 2. The molecule has 0 aliphatic carbocycles. The van der Waals surface area contributed by atoms with Gasteiger partial charge < -0.3 is 10.1 Å². The predicted molar refractivity (Wildman–Crippen MR) is 124 cm³/mol. The van der Waals surface area contributed by atoms with Crippen molar-refractivity contribution in [3.63, 3.8) is 0 Å². The van der Waals surface area contributed by atoms with E-state index in [2.05, 4.69) is 30.8 Å². The van der Waals surface area contributed by atoms with Crippen molar-refractivity contribution in [3.05, 3.63) is 65.2 Å². The molecule has 0 aromatic heterocycles. The number of aryl methyl sites for hydroxylation is 1. The van der Waals surface area contributed by atoms with Crippen molar-refractivity contribution in [2.24, 2.45) is 0 Å². The minimum absolute atomic E-state index is 0.0167. The fourth-order valence-corrected chi connectivity index (χ4v) is 4.12. The molecule has 2 aromatic carbocycles. The zero-order valence-electron chi connectivity index (χ0n) is 19.3. The summed E-state index contributed by atoms with van der Waals surface area (Å²) >= 11 is 0. The summed E-state index contributed by atoms with van der Waals surface area (Å²) in [7, 11) is -2.44. The highest BCUT2D eigenvalue weighted by Crippen LogP contribution is 2.23. The van der Waals surface area contributed by atoms with Gasteiger partial charge in [0.1, 0.15) is 0 Å². The van der Waals surface area contributed by atoms with Crippen molar-refractivity contribution in [2.75, 3.05) is 13.7 Å². The van der Waals surface area contributed by atoms with Crippen molar-refractivity contribution >= 4 is 21.9 Å². The highest BCUT2D eigenvalue weighted by atomic mass is 32.2. The lowest BCUT2D eigenvalue weighted by molar-refractivity contribution is -0.141. The van der Waals surface area contributed by atoms with E-state index in [0.717, 1.165) is 16.7 Å². The minimum Gasteiger partial charge on any atom is -0.469 e. The van der Waals surface area contributed by atoms with Gasteiger partial charge in [0.2, 0.25) is 15.9 Å². The molecule has 1 amide bonds. The van der Waals surface area contributed by atoms with Crippen LogP contribution in [-0.2, 0) is 29.8 Å². The Morgan fingerprint density at radius 1 is 1.00 bits per heavy atom. The van der Waals surface area contributed by atoms with Crippen LogP contribution in [0.2, 0.25) is 0 Å². The van der Waals surface area contributed by atoms with Gasteiger partial charge in [-0.05, 0) is 35.6 Å². The van der Waals surface area contributed by atoms with Gasteiger partial charge in [-0.1, -0.05) is 62.7 Å². The van der Waals surface area contributed by atoms with Crippen molar-refractivity contribution in [1.82, 2.24) is 10.0 Å². The van der Waals surface area contributed by atoms with E-state index in [-0.39, 0.29) is 35.6 Å². The molecule has 0 spiro atoms. The molecular formula is C24H32N2O5S. The molecule has 2 rings (SSSR count). The van der Waals surface area contributed by atoms with E-state index in [9.17, 15) is 18.0 Å². The Labute approximate surface area is 190 Å². The van der Waals surface area contributed by atoms with Gasteiger partial charge in [-0.25, -0.2) is 13.1 Å². The molecule has 0 radical (unpaired) electrons. The van der Waals surface area contributed by atoms with Gasteiger partial charge in [-0.3, -0.25) is 9.59 Å². The van der Waals surface area contributed by atoms with E-state index >= 15 is 0 Å². The Kier molecular flexibility index (Phi) is 8.58. The van der Waals surface area contributed by atoms with Gasteiger partial charge >= 0.3 is 5.97 Å². The fourth-order valence-electron chi connectivity index (χ4n) is 3.08. The molecule has 0 saturated heterocycles.